The molecular formula is C5H13N3. The zero-order chi connectivity index (χ0) is 5.98. The van der Waals surface area contributed by atoms with E-state index in [9.17, 15) is 0 Å². The molecule has 0 atom stereocenters. The summed E-state index contributed by atoms with van der Waals surface area (Å²) in [6.07, 6.45) is 0. The molecule has 1 heterocycles. The van der Waals surface area contributed by atoms with Crippen LogP contribution in [0.15, 0.2) is 0 Å². The quantitative estimate of drug-likeness (QED) is 0.279. The summed E-state index contributed by atoms with van der Waals surface area (Å²) in [6.45, 7) is 4.13. The van der Waals surface area contributed by atoms with Crippen molar-refractivity contribution in [1.82, 2.24) is 5.01 Å². The third kappa shape index (κ3) is 1.43. The first-order chi connectivity index (χ1) is 3.79. The molecule has 1 aliphatic heterocycles. The largest absolute Gasteiger partial charge is 0.466 e. The van der Waals surface area contributed by atoms with Crippen LogP contribution in [0.1, 0.15) is 0 Å². The van der Waals surface area contributed by atoms with Gasteiger partial charge in [-0.1, -0.05) is 0 Å². The van der Waals surface area contributed by atoms with Gasteiger partial charge < -0.3 is 4.90 Å². The summed E-state index contributed by atoms with van der Waals surface area (Å²) >= 11 is 0. The van der Waals surface area contributed by atoms with Crippen LogP contribution < -0.4 is 10.7 Å². The van der Waals surface area contributed by atoms with Crippen molar-refractivity contribution in [2.24, 2.45) is 5.84 Å². The molecule has 0 aromatic carbocycles. The topological polar surface area (TPSA) is 33.7 Å². The highest BCUT2D eigenvalue weighted by Crippen LogP contribution is 1.75. The summed E-state index contributed by atoms with van der Waals surface area (Å²) in [6, 6.07) is 0. The monoisotopic (exact) mass is 115 g/mol. The molecule has 0 amide bonds. The minimum absolute atomic E-state index is 0.985. The zero-order valence-corrected chi connectivity index (χ0v) is 5.06. The molecule has 1 rings (SSSR count). The summed E-state index contributed by atoms with van der Waals surface area (Å²) in [4.78, 5) is 1.34. The van der Waals surface area contributed by atoms with Gasteiger partial charge in [0.05, 0.1) is 26.2 Å². The molecule has 3 N–H and O–H groups in total. The lowest BCUT2D eigenvalue weighted by Crippen LogP contribution is -3.10. The van der Waals surface area contributed by atoms with E-state index in [2.05, 4.69) is 7.05 Å². The van der Waals surface area contributed by atoms with Crippen molar-refractivity contribution in [2.75, 3.05) is 26.2 Å². The minimum atomic E-state index is 0.985. The van der Waals surface area contributed by atoms with Crippen molar-refractivity contribution < 1.29 is 4.90 Å². The van der Waals surface area contributed by atoms with E-state index in [0.717, 1.165) is 26.2 Å². The second kappa shape index (κ2) is 2.44. The number of nitrogens with zero attached hydrogens (tertiary/aromatic N) is 1. The van der Waals surface area contributed by atoms with Gasteiger partial charge in [-0.3, -0.25) is 5.84 Å². The Hall–Kier alpha value is -0.120. The number of nitrogens with one attached hydrogen (secondary N) is 1. The van der Waals surface area contributed by atoms with Crippen molar-refractivity contribution >= 4 is 0 Å². The first-order valence-corrected chi connectivity index (χ1v) is 2.95. The summed E-state index contributed by atoms with van der Waals surface area (Å²) in [5.41, 5.74) is 0. The van der Waals surface area contributed by atoms with Crippen LogP contribution in [-0.4, -0.2) is 31.2 Å². The van der Waals surface area contributed by atoms with Crippen LogP contribution >= 0.6 is 0 Å². The summed E-state index contributed by atoms with van der Waals surface area (Å²) in [7, 11) is 3.87. The molecule has 0 aliphatic carbocycles. The Morgan fingerprint density at radius 1 is 1.38 bits per heavy atom. The van der Waals surface area contributed by atoms with Gasteiger partial charge in [0.25, 0.3) is 0 Å². The fraction of sp³-hybridized carbons (Fsp3) is 0.800. The summed E-state index contributed by atoms with van der Waals surface area (Å²) in [5, 5.41) is 1.84. The van der Waals surface area contributed by atoms with Crippen molar-refractivity contribution in [3.05, 3.63) is 7.05 Å². The van der Waals surface area contributed by atoms with Crippen LogP contribution in [-0.2, 0) is 0 Å². The van der Waals surface area contributed by atoms with Crippen LogP contribution in [0.4, 0.5) is 0 Å². The van der Waals surface area contributed by atoms with Crippen LogP contribution in [0, 0.1) is 7.05 Å². The standard InChI is InChI=1S/C5H13N3/c1-7-2-4-8(6)5-3-7/h7H,1-6H2. The molecule has 0 radical (unpaired) electrons. The van der Waals surface area contributed by atoms with Gasteiger partial charge in [-0.2, -0.15) is 7.05 Å². The molecule has 0 unspecified atom stereocenters. The fourth-order valence-electron chi connectivity index (χ4n) is 0.840. The van der Waals surface area contributed by atoms with Gasteiger partial charge in [-0.05, 0) is 0 Å². The van der Waals surface area contributed by atoms with Crippen molar-refractivity contribution in [1.29, 1.82) is 0 Å². The first-order valence-electron chi connectivity index (χ1n) is 2.95. The lowest BCUT2D eigenvalue weighted by molar-refractivity contribution is -0.858. The lowest BCUT2D eigenvalue weighted by Gasteiger charge is -2.30. The average Bonchev–Trinajstić information content (AvgIpc) is 1.77. The van der Waals surface area contributed by atoms with E-state index < -0.39 is 0 Å². The minimum Gasteiger partial charge on any atom is -0.466 e. The molecule has 0 bridgehead atoms. The van der Waals surface area contributed by atoms with Crippen molar-refractivity contribution in [3.63, 3.8) is 0 Å². The van der Waals surface area contributed by atoms with E-state index in [0.29, 0.717) is 0 Å². The second-order valence-electron chi connectivity index (χ2n) is 2.29. The number of hydrogen-bond acceptors (Lipinski definition) is 2. The van der Waals surface area contributed by atoms with Gasteiger partial charge in [0.15, 0.2) is 0 Å². The highest BCUT2D eigenvalue weighted by Gasteiger charge is 2.08. The van der Waals surface area contributed by atoms with E-state index in [1.807, 2.05) is 5.01 Å². The molecule has 0 saturated carbocycles. The Labute approximate surface area is 50.0 Å². The molecule has 1 saturated heterocycles. The predicted molar refractivity (Wildman–Crippen MR) is 31.8 cm³/mol. The first kappa shape index (κ1) is 6.01. The molecule has 48 valence electrons. The Morgan fingerprint density at radius 3 is 2.25 bits per heavy atom. The number of hydrogen-bond donors (Lipinski definition) is 2. The maximum absolute atomic E-state index is 5.49. The van der Waals surface area contributed by atoms with Crippen LogP contribution in [0.25, 0.3) is 0 Å². The zero-order valence-electron chi connectivity index (χ0n) is 5.06. The van der Waals surface area contributed by atoms with Gasteiger partial charge in [0.2, 0.25) is 0 Å². The van der Waals surface area contributed by atoms with E-state index in [4.69, 9.17) is 5.84 Å². The predicted octanol–water partition coefficient (Wildman–Crippen LogP) is -2.15. The SMILES string of the molecule is [CH2-][NH+]1CCN(N)CC1. The second-order valence-corrected chi connectivity index (χ2v) is 2.29. The average molecular weight is 115 g/mol. The van der Waals surface area contributed by atoms with E-state index in [-0.39, 0.29) is 0 Å². The van der Waals surface area contributed by atoms with Crippen LogP contribution in [0.3, 0.4) is 0 Å². The number of nitrogens with two attached hydrogens (primary N) is 1. The summed E-state index contributed by atoms with van der Waals surface area (Å²) < 4.78 is 0. The van der Waals surface area contributed by atoms with Gasteiger partial charge in [0.1, 0.15) is 0 Å². The van der Waals surface area contributed by atoms with Gasteiger partial charge >= 0.3 is 0 Å². The number of rotatable bonds is 0. The Balaban J connectivity index is 2.19. The number of quaternary nitrogens is 1. The smallest absolute Gasteiger partial charge is 0.0674 e. The van der Waals surface area contributed by atoms with Crippen LogP contribution in [0.2, 0.25) is 0 Å². The van der Waals surface area contributed by atoms with Gasteiger partial charge in [-0.25, -0.2) is 5.01 Å². The molecule has 3 nitrogen and oxygen atoms in total. The van der Waals surface area contributed by atoms with Crippen molar-refractivity contribution in [3.8, 4) is 0 Å². The molecule has 0 spiro atoms. The molecule has 0 aromatic heterocycles. The highest BCUT2D eigenvalue weighted by atomic mass is 15.4. The third-order valence-electron chi connectivity index (χ3n) is 1.51. The third-order valence-corrected chi connectivity index (χ3v) is 1.51. The lowest BCUT2D eigenvalue weighted by atomic mass is 10.4. The molecular weight excluding hydrogens is 102 g/mol. The highest BCUT2D eigenvalue weighted by molar-refractivity contribution is 4.50. The Kier molecular flexibility index (Phi) is 1.83. The molecule has 1 aliphatic rings. The van der Waals surface area contributed by atoms with E-state index >= 15 is 0 Å². The van der Waals surface area contributed by atoms with Gasteiger partial charge in [-0.15, -0.1) is 0 Å². The summed E-state index contributed by atoms with van der Waals surface area (Å²) in [5.74, 6) is 5.49. The van der Waals surface area contributed by atoms with E-state index in [1.165, 1.54) is 4.90 Å². The Bertz CT molecular complexity index is 56.1. The fourth-order valence-corrected chi connectivity index (χ4v) is 0.840. The van der Waals surface area contributed by atoms with E-state index in [1.54, 1.807) is 0 Å². The molecule has 1 fully saturated rings. The van der Waals surface area contributed by atoms with Crippen LogP contribution in [0.5, 0.6) is 0 Å². The van der Waals surface area contributed by atoms with Crippen molar-refractivity contribution in [2.45, 2.75) is 0 Å². The number of hydrazine groups is 1. The normalized spacial score (nSPS) is 26.2. The number of piperazine rings is 1. The molecule has 3 heteroatoms. The van der Waals surface area contributed by atoms with Gasteiger partial charge in [0, 0.05) is 0 Å². The molecule has 8 heavy (non-hydrogen) atoms. The molecule has 0 aromatic rings. The maximum Gasteiger partial charge on any atom is 0.0674 e. The maximum atomic E-state index is 5.49. The Morgan fingerprint density at radius 2 is 1.88 bits per heavy atom.